The molecule has 0 aliphatic rings. The van der Waals surface area contributed by atoms with E-state index >= 15 is 0 Å². The summed E-state index contributed by atoms with van der Waals surface area (Å²) in [5.41, 5.74) is 0. The summed E-state index contributed by atoms with van der Waals surface area (Å²) in [5, 5.41) is 0. The van der Waals surface area contributed by atoms with Gasteiger partial charge in [0.25, 0.3) is 0 Å². The van der Waals surface area contributed by atoms with Crippen LogP contribution in [0, 0.1) is 0 Å². The molecule has 0 heterocycles. The van der Waals surface area contributed by atoms with Crippen LogP contribution in [0.25, 0.3) is 0 Å². The molecule has 27 valence electrons. The van der Waals surface area contributed by atoms with Crippen molar-refractivity contribution in [2.45, 2.75) is 0 Å². The molecule has 4 heavy (non-hydrogen) atoms. The van der Waals surface area contributed by atoms with E-state index in [9.17, 15) is 0 Å². The molecule has 0 aromatic carbocycles. The van der Waals surface area contributed by atoms with E-state index < -0.39 is 0 Å². The SMILES string of the molecule is Cl.[Ag].[Cs+].[H-].[InH3]. The van der Waals surface area contributed by atoms with Crippen molar-refractivity contribution in [3.63, 3.8) is 0 Å². The number of hydrogen-bond acceptors (Lipinski definition) is 0. The molecule has 0 aromatic heterocycles. The fourth-order valence-electron chi connectivity index (χ4n) is 0. The predicted molar refractivity (Wildman–Crippen MR) is 18.3 cm³/mol. The third kappa shape index (κ3) is 9.35. The van der Waals surface area contributed by atoms with Crippen LogP contribution in [0.4, 0.5) is 0 Å². The van der Waals surface area contributed by atoms with Gasteiger partial charge in [0.2, 0.25) is 0 Å². The van der Waals surface area contributed by atoms with E-state index in [1.165, 1.54) is 0 Å². The van der Waals surface area contributed by atoms with Crippen molar-refractivity contribution in [2.75, 3.05) is 0 Å². The summed E-state index contributed by atoms with van der Waals surface area (Å²) in [7, 11) is 0. The molecule has 0 spiro atoms. The summed E-state index contributed by atoms with van der Waals surface area (Å²) in [6.45, 7) is 0. The zero-order valence-corrected chi connectivity index (χ0v) is 10.3. The first-order chi connectivity index (χ1) is 0. The van der Waals surface area contributed by atoms with E-state index in [4.69, 9.17) is 0 Å². The van der Waals surface area contributed by atoms with Gasteiger partial charge in [0.15, 0.2) is 0 Å². The Balaban J connectivity index is 0. The Morgan fingerprint density at radius 2 is 1.25 bits per heavy atom. The van der Waals surface area contributed by atoms with Crippen molar-refractivity contribution in [1.82, 2.24) is 0 Å². The van der Waals surface area contributed by atoms with Crippen molar-refractivity contribution < 1.29 is 92.7 Å². The monoisotopic (exact) mass is 395 g/mol. The summed E-state index contributed by atoms with van der Waals surface area (Å²) in [4.78, 5) is 0. The van der Waals surface area contributed by atoms with Crippen LogP contribution in [0.15, 0.2) is 0 Å². The molecule has 0 unspecified atom stereocenters. The van der Waals surface area contributed by atoms with E-state index in [1.807, 2.05) is 0 Å². The van der Waals surface area contributed by atoms with E-state index in [-0.39, 0.29) is 131 Å². The fourth-order valence-corrected chi connectivity index (χ4v) is 0. The molecule has 0 bridgehead atoms. The maximum atomic E-state index is 0. The van der Waals surface area contributed by atoms with Crippen LogP contribution in [-0.4, -0.2) is 25.8 Å². The molecule has 4 heteroatoms. The molecule has 0 aliphatic carbocycles. The quantitative estimate of drug-likeness (QED) is 0.371. The van der Waals surface area contributed by atoms with Crippen LogP contribution in [0.2, 0.25) is 0 Å². The molecule has 0 fully saturated rings. The average Bonchev–Trinajstić information content (AvgIpc) is 0. The molecule has 1 radical (unpaired) electrons. The molecule has 0 saturated carbocycles. The van der Waals surface area contributed by atoms with Crippen LogP contribution >= 0.6 is 12.4 Å². The summed E-state index contributed by atoms with van der Waals surface area (Å²) < 4.78 is 0. The Hall–Kier alpha value is 3.95. The third-order valence-electron chi connectivity index (χ3n) is 0. The molecule has 0 N–H and O–H groups in total. The third-order valence-corrected chi connectivity index (χ3v) is 0. The topological polar surface area (TPSA) is 0 Å². The Labute approximate surface area is 127 Å². The first-order valence-corrected chi connectivity index (χ1v) is 0. The van der Waals surface area contributed by atoms with Crippen LogP contribution in [-0.2, 0) is 22.4 Å². The van der Waals surface area contributed by atoms with E-state index in [0.29, 0.717) is 0 Å². The second kappa shape index (κ2) is 15.8. The van der Waals surface area contributed by atoms with Crippen LogP contribution in [0.5, 0.6) is 0 Å². The normalized spacial score (nSPS) is 0. The summed E-state index contributed by atoms with van der Waals surface area (Å²) >= 11 is 0. The van der Waals surface area contributed by atoms with Gasteiger partial charge in [0, 0.05) is 22.4 Å². The molecule has 0 aliphatic heterocycles. The van der Waals surface area contributed by atoms with E-state index in [0.717, 1.165) is 0 Å². The molecule has 0 amide bonds. The second-order valence-electron chi connectivity index (χ2n) is 0. The van der Waals surface area contributed by atoms with Crippen molar-refractivity contribution in [2.24, 2.45) is 0 Å². The van der Waals surface area contributed by atoms with Gasteiger partial charge in [-0.3, -0.25) is 0 Å². The van der Waals surface area contributed by atoms with Gasteiger partial charge in [0.1, 0.15) is 0 Å². The van der Waals surface area contributed by atoms with Crippen molar-refractivity contribution in [3.8, 4) is 0 Å². The second-order valence-corrected chi connectivity index (χ2v) is 0. The summed E-state index contributed by atoms with van der Waals surface area (Å²) in [5.74, 6) is 0. The van der Waals surface area contributed by atoms with Crippen LogP contribution in [0.3, 0.4) is 0 Å². The fraction of sp³-hybridized carbons (Fsp3) is 0. The van der Waals surface area contributed by atoms with Crippen molar-refractivity contribution in [1.29, 1.82) is 0 Å². The summed E-state index contributed by atoms with van der Waals surface area (Å²) in [6, 6.07) is 0. The van der Waals surface area contributed by atoms with Crippen molar-refractivity contribution in [3.05, 3.63) is 0 Å². The van der Waals surface area contributed by atoms with Gasteiger partial charge in [-0.25, -0.2) is 0 Å². The predicted octanol–water partition coefficient (Wildman–Crippen LogP) is -3.65. The Morgan fingerprint density at radius 1 is 1.25 bits per heavy atom. The number of rotatable bonds is 0. The van der Waals surface area contributed by atoms with Gasteiger partial charge in [-0.1, -0.05) is 0 Å². The first-order valence-electron chi connectivity index (χ1n) is 0. The minimum absolute atomic E-state index is 0. The van der Waals surface area contributed by atoms with E-state index in [1.54, 1.807) is 0 Å². The van der Waals surface area contributed by atoms with Gasteiger partial charge in [-0.05, 0) is 0 Å². The van der Waals surface area contributed by atoms with Gasteiger partial charge in [-0.2, -0.15) is 0 Å². The Bertz CT molecular complexity index is 11.6. The maximum absolute atomic E-state index is 0. The molecular weight excluding hydrogens is 391 g/mol. The first kappa shape index (κ1) is 24.6. The summed E-state index contributed by atoms with van der Waals surface area (Å²) in [6.07, 6.45) is 0. The standard InChI is InChI=1S/Ag.ClH.Cs.In.4H/h;1H;;;;;;/q;;+1;;;;;-1. The minimum atomic E-state index is 0. The molecule has 0 rings (SSSR count). The Morgan fingerprint density at radius 3 is 1.25 bits per heavy atom. The number of halogens is 1. The molecule has 0 aromatic rings. The van der Waals surface area contributed by atoms with Crippen molar-refractivity contribution >= 4 is 38.3 Å². The van der Waals surface area contributed by atoms with Gasteiger partial charge >= 0.3 is 94.7 Å². The average molecular weight is 396 g/mol. The van der Waals surface area contributed by atoms with Gasteiger partial charge < -0.3 is 1.43 Å². The number of hydrogen-bond donors (Lipinski definition) is 0. The molecule has 0 atom stereocenters. The Kier molecular flexibility index (Phi) is 97.0. The van der Waals surface area contributed by atoms with E-state index in [2.05, 4.69) is 0 Å². The molecule has 0 nitrogen and oxygen atoms in total. The van der Waals surface area contributed by atoms with Crippen LogP contribution < -0.4 is 68.9 Å². The zero-order chi connectivity index (χ0) is 0. The molecular formula is H5AgClCsIn. The van der Waals surface area contributed by atoms with Crippen LogP contribution in [0.1, 0.15) is 1.43 Å². The van der Waals surface area contributed by atoms with Gasteiger partial charge in [-0.15, -0.1) is 12.4 Å². The zero-order valence-electron chi connectivity index (χ0n) is 2.71. The van der Waals surface area contributed by atoms with Gasteiger partial charge in [0.05, 0.1) is 0 Å². The molecule has 0 saturated heterocycles.